The Balaban J connectivity index is 1.56. The van der Waals surface area contributed by atoms with Crippen molar-refractivity contribution in [3.63, 3.8) is 0 Å². The number of carbonyl (C=O) groups is 1. The second kappa shape index (κ2) is 10.1. The fraction of sp³-hybridized carbons (Fsp3) is 0.562. The molecule has 1 aliphatic rings. The lowest BCUT2D eigenvalue weighted by Gasteiger charge is -2.27. The number of para-hydroxylation sites is 1. The van der Waals surface area contributed by atoms with Gasteiger partial charge in [0.15, 0.2) is 17.4 Å². The number of aliphatic hydroxyl groups is 1. The second-order valence-electron chi connectivity index (χ2n) is 5.55. The van der Waals surface area contributed by atoms with Crippen molar-refractivity contribution in [3.8, 4) is 5.75 Å². The third-order valence-corrected chi connectivity index (χ3v) is 3.60. The number of hydrogen-bond donors (Lipinski definition) is 3. The first-order valence-electron chi connectivity index (χ1n) is 8.14. The number of amides is 2. The Morgan fingerprint density at radius 3 is 2.64 bits per heavy atom. The molecule has 1 heterocycles. The van der Waals surface area contributed by atoms with Crippen LogP contribution in [0.15, 0.2) is 18.2 Å². The monoisotopic (exact) mass is 359 g/mol. The molecule has 3 N–H and O–H groups in total. The van der Waals surface area contributed by atoms with Gasteiger partial charge in [-0.3, -0.25) is 0 Å². The smallest absolute Gasteiger partial charge is 0.317 e. The lowest BCUT2D eigenvalue weighted by Crippen LogP contribution is -2.47. The molecule has 2 rings (SSSR count). The highest BCUT2D eigenvalue weighted by Crippen LogP contribution is 2.20. The normalized spacial score (nSPS) is 15.7. The molecule has 1 aromatic carbocycles. The van der Waals surface area contributed by atoms with Gasteiger partial charge in [0.2, 0.25) is 0 Å². The van der Waals surface area contributed by atoms with E-state index in [0.29, 0.717) is 39.4 Å². The first kappa shape index (κ1) is 19.4. The zero-order valence-electron chi connectivity index (χ0n) is 13.8. The van der Waals surface area contributed by atoms with Crippen LogP contribution in [-0.4, -0.2) is 74.7 Å². The Morgan fingerprint density at radius 2 is 1.96 bits per heavy atom. The van der Waals surface area contributed by atoms with Crippen molar-refractivity contribution < 1.29 is 28.2 Å². The molecule has 0 bridgehead atoms. The predicted octanol–water partition coefficient (Wildman–Crippen LogP) is 0.336. The Morgan fingerprint density at radius 1 is 1.28 bits per heavy atom. The molecule has 1 unspecified atom stereocenters. The van der Waals surface area contributed by atoms with Gasteiger partial charge in [0.1, 0.15) is 12.7 Å². The lowest BCUT2D eigenvalue weighted by molar-refractivity contribution is 0.0532. The number of nitrogens with zero attached hydrogens (tertiary/aromatic N) is 1. The topological polar surface area (TPSA) is 83.1 Å². The van der Waals surface area contributed by atoms with Gasteiger partial charge >= 0.3 is 6.03 Å². The van der Waals surface area contributed by atoms with E-state index in [4.69, 9.17) is 9.47 Å². The van der Waals surface area contributed by atoms with Gasteiger partial charge in [0.05, 0.1) is 13.2 Å². The van der Waals surface area contributed by atoms with Gasteiger partial charge in [-0.05, 0) is 12.1 Å². The van der Waals surface area contributed by atoms with Gasteiger partial charge in [-0.1, -0.05) is 6.07 Å². The third kappa shape index (κ3) is 6.45. The van der Waals surface area contributed by atoms with Gasteiger partial charge in [0.25, 0.3) is 0 Å². The maximum absolute atomic E-state index is 13.4. The molecule has 1 aliphatic heterocycles. The molecule has 1 atom stereocenters. The van der Waals surface area contributed by atoms with Crippen molar-refractivity contribution in [2.45, 2.75) is 6.10 Å². The highest BCUT2D eigenvalue weighted by Gasteiger charge is 2.16. The molecule has 25 heavy (non-hydrogen) atoms. The number of urea groups is 1. The van der Waals surface area contributed by atoms with Crippen LogP contribution in [0.4, 0.5) is 13.6 Å². The fourth-order valence-corrected chi connectivity index (χ4v) is 2.26. The van der Waals surface area contributed by atoms with Gasteiger partial charge in [-0.25, -0.2) is 13.6 Å². The summed E-state index contributed by atoms with van der Waals surface area (Å²) in [6.07, 6.45) is -0.936. The number of halogens is 2. The number of morpholine rings is 1. The molecule has 0 saturated carbocycles. The molecule has 2 amide bonds. The standard InChI is InChI=1S/C16H23F2N3O4/c17-13-2-1-3-14(18)15(13)25-11-12(22)10-19-4-5-20-16(23)21-6-8-24-9-7-21/h1-3,12,19,22H,4-11H2,(H,20,23). The third-order valence-electron chi connectivity index (χ3n) is 3.60. The molecule has 9 heteroatoms. The summed E-state index contributed by atoms with van der Waals surface area (Å²) in [6.45, 7) is 2.99. The van der Waals surface area contributed by atoms with E-state index in [1.54, 1.807) is 4.90 Å². The van der Waals surface area contributed by atoms with E-state index < -0.39 is 23.5 Å². The van der Waals surface area contributed by atoms with Gasteiger partial charge in [0, 0.05) is 32.7 Å². The Kier molecular flexibility index (Phi) is 7.83. The van der Waals surface area contributed by atoms with Gasteiger partial charge in [-0.15, -0.1) is 0 Å². The maximum atomic E-state index is 13.4. The molecular formula is C16H23F2N3O4. The predicted molar refractivity (Wildman–Crippen MR) is 86.5 cm³/mol. The number of ether oxygens (including phenoxy) is 2. The van der Waals surface area contributed by atoms with Crippen molar-refractivity contribution in [2.75, 3.05) is 52.5 Å². The van der Waals surface area contributed by atoms with Crippen molar-refractivity contribution in [1.82, 2.24) is 15.5 Å². The van der Waals surface area contributed by atoms with Crippen LogP contribution in [0.3, 0.4) is 0 Å². The van der Waals surface area contributed by atoms with Gasteiger partial charge in [-0.2, -0.15) is 0 Å². The molecule has 7 nitrogen and oxygen atoms in total. The van der Waals surface area contributed by atoms with Crippen molar-refractivity contribution in [3.05, 3.63) is 29.8 Å². The molecule has 0 spiro atoms. The number of aliphatic hydroxyl groups excluding tert-OH is 1. The summed E-state index contributed by atoms with van der Waals surface area (Å²) in [6, 6.07) is 3.25. The first-order chi connectivity index (χ1) is 12.1. The summed E-state index contributed by atoms with van der Waals surface area (Å²) >= 11 is 0. The van der Waals surface area contributed by atoms with Gasteiger partial charge < -0.3 is 30.1 Å². The molecular weight excluding hydrogens is 336 g/mol. The Labute approximate surface area is 144 Å². The molecule has 0 radical (unpaired) electrons. The molecule has 1 aromatic rings. The highest BCUT2D eigenvalue weighted by atomic mass is 19.1. The van der Waals surface area contributed by atoms with Crippen LogP contribution in [0, 0.1) is 11.6 Å². The average Bonchev–Trinajstić information content (AvgIpc) is 2.61. The van der Waals surface area contributed by atoms with E-state index >= 15 is 0 Å². The summed E-state index contributed by atoms with van der Waals surface area (Å²) in [4.78, 5) is 13.5. The number of hydrogen-bond acceptors (Lipinski definition) is 5. The first-order valence-corrected chi connectivity index (χ1v) is 8.14. The minimum atomic E-state index is -0.936. The van der Waals surface area contributed by atoms with Crippen LogP contribution in [0.2, 0.25) is 0 Å². The van der Waals surface area contributed by atoms with Crippen LogP contribution in [0.1, 0.15) is 0 Å². The van der Waals surface area contributed by atoms with E-state index in [1.807, 2.05) is 0 Å². The molecule has 0 aliphatic carbocycles. The van der Waals surface area contributed by atoms with Crippen LogP contribution in [-0.2, 0) is 4.74 Å². The quantitative estimate of drug-likeness (QED) is 0.583. The van der Waals surface area contributed by atoms with Crippen molar-refractivity contribution in [1.29, 1.82) is 0 Å². The SMILES string of the molecule is O=C(NCCNCC(O)COc1c(F)cccc1F)N1CCOCC1. The summed E-state index contributed by atoms with van der Waals surface area (Å²) in [5.74, 6) is -2.13. The van der Waals surface area contributed by atoms with E-state index in [9.17, 15) is 18.7 Å². The fourth-order valence-electron chi connectivity index (χ4n) is 2.26. The van der Waals surface area contributed by atoms with Crippen LogP contribution < -0.4 is 15.4 Å². The number of benzene rings is 1. The van der Waals surface area contributed by atoms with E-state index in [2.05, 4.69) is 10.6 Å². The van der Waals surface area contributed by atoms with Crippen molar-refractivity contribution >= 4 is 6.03 Å². The summed E-state index contributed by atoms with van der Waals surface area (Å²) in [5.41, 5.74) is 0. The Hall–Kier alpha value is -1.97. The zero-order valence-corrected chi connectivity index (χ0v) is 13.8. The Bertz CT molecular complexity index is 536. The number of rotatable bonds is 8. The minimum Gasteiger partial charge on any atom is -0.485 e. The highest BCUT2D eigenvalue weighted by molar-refractivity contribution is 5.74. The van der Waals surface area contributed by atoms with E-state index in [0.717, 1.165) is 12.1 Å². The number of carbonyl (C=O) groups excluding carboxylic acids is 1. The van der Waals surface area contributed by atoms with E-state index in [1.165, 1.54) is 6.07 Å². The van der Waals surface area contributed by atoms with Crippen LogP contribution >= 0.6 is 0 Å². The minimum absolute atomic E-state index is 0.149. The average molecular weight is 359 g/mol. The maximum Gasteiger partial charge on any atom is 0.317 e. The second-order valence-corrected chi connectivity index (χ2v) is 5.55. The lowest BCUT2D eigenvalue weighted by atomic mass is 10.3. The molecule has 1 fully saturated rings. The van der Waals surface area contributed by atoms with Crippen LogP contribution in [0.5, 0.6) is 5.75 Å². The zero-order chi connectivity index (χ0) is 18.1. The summed E-state index contributed by atoms with van der Waals surface area (Å²) < 4.78 is 36.9. The molecule has 1 saturated heterocycles. The molecule has 140 valence electrons. The number of nitrogens with one attached hydrogen (secondary N) is 2. The van der Waals surface area contributed by atoms with Crippen LogP contribution in [0.25, 0.3) is 0 Å². The summed E-state index contributed by atoms with van der Waals surface area (Å²) in [5, 5.41) is 15.5. The summed E-state index contributed by atoms with van der Waals surface area (Å²) in [7, 11) is 0. The van der Waals surface area contributed by atoms with Crippen molar-refractivity contribution in [2.24, 2.45) is 0 Å². The largest absolute Gasteiger partial charge is 0.485 e. The molecule has 0 aromatic heterocycles. The van der Waals surface area contributed by atoms with E-state index in [-0.39, 0.29) is 19.2 Å².